The van der Waals surface area contributed by atoms with Crippen LogP contribution in [0.4, 0.5) is 17.2 Å². The van der Waals surface area contributed by atoms with Gasteiger partial charge in [-0.2, -0.15) is 15.1 Å². The van der Waals surface area contributed by atoms with Crippen LogP contribution in [0.2, 0.25) is 0 Å². The summed E-state index contributed by atoms with van der Waals surface area (Å²) < 4.78 is 9.56. The first-order chi connectivity index (χ1) is 14.9. The van der Waals surface area contributed by atoms with Crippen molar-refractivity contribution >= 4 is 34.3 Å². The number of carbonyl (C=O) groups is 1. The Morgan fingerprint density at radius 3 is 2.81 bits per heavy atom. The molecule has 2 N–H and O–H groups in total. The number of nitrogens with zero attached hydrogens (tertiary/aromatic N) is 6. The normalized spacial score (nSPS) is 11.0. The fourth-order valence-corrected chi connectivity index (χ4v) is 2.97. The van der Waals surface area contributed by atoms with E-state index in [4.69, 9.17) is 4.74 Å². The van der Waals surface area contributed by atoms with Gasteiger partial charge in [0.05, 0.1) is 18.2 Å². The Balaban J connectivity index is 1.72. The largest absolute Gasteiger partial charge is 0.424 e. The summed E-state index contributed by atoms with van der Waals surface area (Å²) in [6.45, 7) is 7.55. The number of benzene rings is 1. The molecule has 31 heavy (non-hydrogen) atoms. The number of amides is 1. The minimum atomic E-state index is -0.307. The van der Waals surface area contributed by atoms with Crippen LogP contribution < -0.4 is 15.4 Å². The van der Waals surface area contributed by atoms with Gasteiger partial charge >= 0.3 is 6.01 Å². The number of hydrogen-bond acceptors (Lipinski definition) is 7. The van der Waals surface area contributed by atoms with Gasteiger partial charge in [0.25, 0.3) is 0 Å². The molecule has 3 aromatic heterocycles. The zero-order valence-electron chi connectivity index (χ0n) is 17.4. The first-order valence-electron chi connectivity index (χ1n) is 9.64. The van der Waals surface area contributed by atoms with Crippen molar-refractivity contribution in [3.05, 3.63) is 55.6 Å². The summed E-state index contributed by atoms with van der Waals surface area (Å²) in [5, 5.41) is 10.1. The van der Waals surface area contributed by atoms with Crippen molar-refractivity contribution in [2.75, 3.05) is 10.6 Å². The lowest BCUT2D eigenvalue weighted by molar-refractivity contribution is -0.111. The Kier molecular flexibility index (Phi) is 5.35. The molecule has 0 fully saturated rings. The molecule has 0 aliphatic carbocycles. The Morgan fingerprint density at radius 1 is 1.26 bits per heavy atom. The van der Waals surface area contributed by atoms with E-state index < -0.39 is 0 Å². The van der Waals surface area contributed by atoms with Gasteiger partial charge in [0, 0.05) is 31.0 Å². The molecule has 1 amide bonds. The van der Waals surface area contributed by atoms with Gasteiger partial charge in [-0.3, -0.25) is 9.48 Å². The van der Waals surface area contributed by atoms with Crippen LogP contribution in [0.5, 0.6) is 11.8 Å². The minimum absolute atomic E-state index is 0.147. The van der Waals surface area contributed by atoms with Crippen LogP contribution in [0.3, 0.4) is 0 Å². The van der Waals surface area contributed by atoms with Crippen molar-refractivity contribution in [1.82, 2.24) is 29.3 Å². The average molecular weight is 418 g/mol. The number of nitrogens with one attached hydrogen (secondary N) is 2. The number of rotatable bonds is 7. The number of anilines is 3. The first kappa shape index (κ1) is 20.1. The lowest BCUT2D eigenvalue weighted by Gasteiger charge is -2.11. The summed E-state index contributed by atoms with van der Waals surface area (Å²) in [6.07, 6.45) is 6.46. The quantitative estimate of drug-likeness (QED) is 0.439. The molecular weight excluding hydrogens is 396 g/mol. The van der Waals surface area contributed by atoms with Crippen LogP contribution in [-0.2, 0) is 11.8 Å². The average Bonchev–Trinajstić information content (AvgIpc) is 3.34. The molecule has 1 aromatic carbocycles. The highest BCUT2D eigenvalue weighted by atomic mass is 16.5. The molecule has 4 rings (SSSR count). The van der Waals surface area contributed by atoms with E-state index in [2.05, 4.69) is 37.3 Å². The van der Waals surface area contributed by atoms with Crippen molar-refractivity contribution in [1.29, 1.82) is 0 Å². The van der Waals surface area contributed by atoms with E-state index in [1.165, 1.54) is 6.08 Å². The molecule has 0 saturated carbocycles. The van der Waals surface area contributed by atoms with Crippen molar-refractivity contribution < 1.29 is 9.53 Å². The summed E-state index contributed by atoms with van der Waals surface area (Å²) >= 11 is 0. The van der Waals surface area contributed by atoms with Crippen molar-refractivity contribution in [2.24, 2.45) is 7.05 Å². The number of aryl methyl sites for hydroxylation is 1. The van der Waals surface area contributed by atoms with Crippen LogP contribution in [0.1, 0.15) is 19.9 Å². The summed E-state index contributed by atoms with van der Waals surface area (Å²) in [7, 11) is 1.83. The monoisotopic (exact) mass is 418 g/mol. The maximum atomic E-state index is 11.6. The second-order valence-corrected chi connectivity index (χ2v) is 7.12. The topological polar surface area (TPSA) is 112 Å². The Morgan fingerprint density at radius 2 is 2.10 bits per heavy atom. The summed E-state index contributed by atoms with van der Waals surface area (Å²) in [5.74, 6) is 0.672. The lowest BCUT2D eigenvalue weighted by Crippen LogP contribution is -2.07. The molecule has 3 heterocycles. The van der Waals surface area contributed by atoms with E-state index in [0.29, 0.717) is 28.4 Å². The third-order valence-corrected chi connectivity index (χ3v) is 4.42. The van der Waals surface area contributed by atoms with E-state index in [0.717, 1.165) is 5.69 Å². The lowest BCUT2D eigenvalue weighted by atomic mass is 10.3. The number of imidazole rings is 1. The van der Waals surface area contributed by atoms with Crippen LogP contribution in [0.15, 0.2) is 55.6 Å². The van der Waals surface area contributed by atoms with Gasteiger partial charge in [0.15, 0.2) is 17.0 Å². The zero-order valence-corrected chi connectivity index (χ0v) is 17.4. The van der Waals surface area contributed by atoms with E-state index in [1.807, 2.05) is 31.7 Å². The smallest absolute Gasteiger partial charge is 0.326 e. The summed E-state index contributed by atoms with van der Waals surface area (Å²) in [4.78, 5) is 25.1. The van der Waals surface area contributed by atoms with Crippen molar-refractivity contribution in [3.8, 4) is 11.8 Å². The maximum absolute atomic E-state index is 11.6. The molecule has 158 valence electrons. The van der Waals surface area contributed by atoms with Gasteiger partial charge in [-0.15, -0.1) is 0 Å². The van der Waals surface area contributed by atoms with Crippen LogP contribution in [0, 0.1) is 0 Å². The van der Waals surface area contributed by atoms with Gasteiger partial charge in [-0.1, -0.05) is 12.6 Å². The molecule has 0 bridgehead atoms. The minimum Gasteiger partial charge on any atom is -0.424 e. The number of ether oxygens (including phenoxy) is 1. The summed E-state index contributed by atoms with van der Waals surface area (Å²) in [5.41, 5.74) is 2.60. The molecule has 0 aliphatic rings. The molecule has 4 aromatic rings. The molecule has 0 atom stereocenters. The Bertz CT molecular complexity index is 1260. The van der Waals surface area contributed by atoms with Crippen LogP contribution in [-0.4, -0.2) is 35.2 Å². The predicted octanol–water partition coefficient (Wildman–Crippen LogP) is 3.80. The molecular formula is C21H22N8O2. The molecule has 0 spiro atoms. The third kappa shape index (κ3) is 4.37. The number of aromatic nitrogens is 6. The van der Waals surface area contributed by atoms with E-state index in [9.17, 15) is 4.79 Å². The summed E-state index contributed by atoms with van der Waals surface area (Å²) in [6, 6.07) is 7.25. The van der Waals surface area contributed by atoms with Gasteiger partial charge in [0.1, 0.15) is 5.75 Å². The van der Waals surface area contributed by atoms with Crippen LogP contribution in [0.25, 0.3) is 11.2 Å². The van der Waals surface area contributed by atoms with E-state index >= 15 is 0 Å². The van der Waals surface area contributed by atoms with E-state index in [-0.39, 0.29) is 18.0 Å². The molecule has 0 aliphatic heterocycles. The standard InChI is InChI=1S/C21H22N8O2/c1-5-17(30)24-14-7-6-8-16(9-14)31-21-26-19(25-15-10-23-28(4)11-15)18-20(27-21)29(12-22-18)13(2)3/h5-13H,1H2,2-4H3,(H,24,30)(H,25,26,27). The zero-order chi connectivity index (χ0) is 22.0. The Labute approximate surface area is 178 Å². The highest BCUT2D eigenvalue weighted by molar-refractivity contribution is 5.98. The first-order valence-corrected chi connectivity index (χ1v) is 9.64. The fourth-order valence-electron chi connectivity index (χ4n) is 2.97. The second kappa shape index (κ2) is 8.27. The maximum Gasteiger partial charge on any atom is 0.326 e. The third-order valence-electron chi connectivity index (χ3n) is 4.42. The number of fused-ring (bicyclic) bond motifs is 1. The number of hydrogen-bond donors (Lipinski definition) is 2. The molecule has 0 saturated heterocycles. The molecule has 10 heteroatoms. The van der Waals surface area contributed by atoms with Crippen LogP contribution >= 0.6 is 0 Å². The van der Waals surface area contributed by atoms with Gasteiger partial charge < -0.3 is 19.9 Å². The highest BCUT2D eigenvalue weighted by Gasteiger charge is 2.17. The molecule has 0 radical (unpaired) electrons. The molecule has 10 nitrogen and oxygen atoms in total. The van der Waals surface area contributed by atoms with Crippen molar-refractivity contribution in [2.45, 2.75) is 19.9 Å². The van der Waals surface area contributed by atoms with E-state index in [1.54, 1.807) is 41.5 Å². The fraction of sp³-hybridized carbons (Fsp3) is 0.190. The highest BCUT2D eigenvalue weighted by Crippen LogP contribution is 2.29. The second-order valence-electron chi connectivity index (χ2n) is 7.12. The van der Waals surface area contributed by atoms with Gasteiger partial charge in [-0.25, -0.2) is 4.98 Å². The van der Waals surface area contributed by atoms with Gasteiger partial charge in [0.2, 0.25) is 5.91 Å². The Hall–Kier alpha value is -4.21. The SMILES string of the molecule is C=CC(=O)Nc1cccc(Oc2nc(Nc3cnn(C)c3)c3ncn(C(C)C)c3n2)c1. The predicted molar refractivity (Wildman–Crippen MR) is 118 cm³/mol. The van der Waals surface area contributed by atoms with Crippen molar-refractivity contribution in [3.63, 3.8) is 0 Å². The number of carbonyl (C=O) groups excluding carboxylic acids is 1. The van der Waals surface area contributed by atoms with Gasteiger partial charge in [-0.05, 0) is 32.1 Å². The molecule has 0 unspecified atom stereocenters.